The Labute approximate surface area is 112 Å². The van der Waals surface area contributed by atoms with Crippen LogP contribution in [0.2, 0.25) is 0 Å². The molecular formula is C14H19N3O2. The third-order valence-corrected chi connectivity index (χ3v) is 3.57. The highest BCUT2D eigenvalue weighted by Crippen LogP contribution is 2.28. The molecule has 2 N–H and O–H groups in total. The van der Waals surface area contributed by atoms with E-state index >= 15 is 0 Å². The molecule has 102 valence electrons. The average molecular weight is 261 g/mol. The van der Waals surface area contributed by atoms with Crippen molar-refractivity contribution < 1.29 is 9.53 Å². The van der Waals surface area contributed by atoms with Gasteiger partial charge in [0.15, 0.2) is 0 Å². The lowest BCUT2D eigenvalue weighted by Gasteiger charge is -2.24. The van der Waals surface area contributed by atoms with Crippen LogP contribution in [-0.2, 0) is 4.74 Å². The highest BCUT2D eigenvalue weighted by Gasteiger charge is 2.24. The Balaban J connectivity index is 1.77. The van der Waals surface area contributed by atoms with E-state index < -0.39 is 0 Å². The fourth-order valence-corrected chi connectivity index (χ4v) is 2.55. The van der Waals surface area contributed by atoms with Crippen LogP contribution in [0.4, 0.5) is 16.2 Å². The van der Waals surface area contributed by atoms with Gasteiger partial charge in [0.25, 0.3) is 0 Å². The minimum atomic E-state index is -0.0216. The summed E-state index contributed by atoms with van der Waals surface area (Å²) in [6.07, 6.45) is 1.85. The molecule has 2 amide bonds. The molecule has 0 bridgehead atoms. The largest absolute Gasteiger partial charge is 0.383 e. The summed E-state index contributed by atoms with van der Waals surface area (Å²) < 4.78 is 5.29. The van der Waals surface area contributed by atoms with Gasteiger partial charge >= 0.3 is 6.03 Å². The summed E-state index contributed by atoms with van der Waals surface area (Å²) in [6, 6.07) is 8.07. The number of amides is 2. The van der Waals surface area contributed by atoms with Gasteiger partial charge in [-0.1, -0.05) is 12.1 Å². The first kappa shape index (κ1) is 12.3. The van der Waals surface area contributed by atoms with Gasteiger partial charge in [-0.15, -0.1) is 0 Å². The minimum absolute atomic E-state index is 0.0216. The third-order valence-electron chi connectivity index (χ3n) is 3.57. The number of carbonyl (C=O) groups excluding carboxylic acids is 1. The Morgan fingerprint density at radius 1 is 1.42 bits per heavy atom. The quantitative estimate of drug-likeness (QED) is 0.810. The second-order valence-electron chi connectivity index (χ2n) is 4.96. The lowest BCUT2D eigenvalue weighted by Crippen LogP contribution is -2.45. The molecule has 1 saturated heterocycles. The van der Waals surface area contributed by atoms with E-state index in [1.165, 1.54) is 0 Å². The van der Waals surface area contributed by atoms with Gasteiger partial charge in [-0.05, 0) is 25.0 Å². The first-order valence-electron chi connectivity index (χ1n) is 6.83. The molecule has 1 atom stereocenters. The Hall–Kier alpha value is -1.75. The molecule has 3 rings (SSSR count). The van der Waals surface area contributed by atoms with Crippen LogP contribution in [0.3, 0.4) is 0 Å². The van der Waals surface area contributed by atoms with E-state index in [1.54, 1.807) is 0 Å². The number of benzene rings is 1. The lowest BCUT2D eigenvalue weighted by molar-refractivity contribution is 0.189. The fraction of sp³-hybridized carbons (Fsp3) is 0.500. The van der Waals surface area contributed by atoms with Crippen molar-refractivity contribution in [2.45, 2.75) is 18.9 Å². The molecule has 1 fully saturated rings. The van der Waals surface area contributed by atoms with Crippen molar-refractivity contribution in [3.8, 4) is 0 Å². The molecule has 1 aromatic rings. The average Bonchev–Trinajstić information content (AvgIpc) is 2.83. The van der Waals surface area contributed by atoms with Crippen LogP contribution in [-0.4, -0.2) is 38.4 Å². The molecule has 1 aromatic carbocycles. The van der Waals surface area contributed by atoms with Crippen LogP contribution >= 0.6 is 0 Å². The maximum Gasteiger partial charge on any atom is 0.322 e. The fourth-order valence-electron chi connectivity index (χ4n) is 2.55. The number of para-hydroxylation sites is 2. The van der Waals surface area contributed by atoms with Gasteiger partial charge < -0.3 is 15.4 Å². The molecule has 0 aliphatic carbocycles. The number of nitrogens with zero attached hydrogens (tertiary/aromatic N) is 1. The number of nitrogens with one attached hydrogen (secondary N) is 2. The SMILES string of the molecule is O=C(NC1CCOC1)N1CCCNc2ccccc21. The number of hydrogen-bond acceptors (Lipinski definition) is 3. The zero-order valence-corrected chi connectivity index (χ0v) is 10.9. The third kappa shape index (κ3) is 2.66. The highest BCUT2D eigenvalue weighted by molar-refractivity contribution is 5.96. The molecular weight excluding hydrogens is 242 g/mol. The first-order chi connectivity index (χ1) is 9.34. The molecule has 5 nitrogen and oxygen atoms in total. The molecule has 5 heteroatoms. The number of hydrogen-bond donors (Lipinski definition) is 2. The standard InChI is InChI=1S/C14H19N3O2/c18-14(16-11-6-9-19-10-11)17-8-3-7-15-12-4-1-2-5-13(12)17/h1-2,4-5,11,15H,3,6-10H2,(H,16,18). The van der Waals surface area contributed by atoms with E-state index in [1.807, 2.05) is 29.2 Å². The van der Waals surface area contributed by atoms with Gasteiger partial charge in [0.1, 0.15) is 0 Å². The Bertz CT molecular complexity index is 458. The summed E-state index contributed by atoms with van der Waals surface area (Å²) in [5.74, 6) is 0. The van der Waals surface area contributed by atoms with Gasteiger partial charge in [-0.2, -0.15) is 0 Å². The van der Waals surface area contributed by atoms with Crippen molar-refractivity contribution in [1.29, 1.82) is 0 Å². The van der Waals surface area contributed by atoms with E-state index in [0.29, 0.717) is 6.61 Å². The van der Waals surface area contributed by atoms with Crippen molar-refractivity contribution in [2.24, 2.45) is 0 Å². The molecule has 2 aliphatic rings. The summed E-state index contributed by atoms with van der Waals surface area (Å²) in [5.41, 5.74) is 1.98. The summed E-state index contributed by atoms with van der Waals surface area (Å²) in [4.78, 5) is 14.2. The Morgan fingerprint density at radius 2 is 2.32 bits per heavy atom. The topological polar surface area (TPSA) is 53.6 Å². The summed E-state index contributed by atoms with van der Waals surface area (Å²) in [5, 5.41) is 6.41. The molecule has 0 saturated carbocycles. The number of carbonyl (C=O) groups is 1. The second kappa shape index (κ2) is 5.48. The van der Waals surface area contributed by atoms with E-state index in [4.69, 9.17) is 4.74 Å². The molecule has 2 heterocycles. The maximum absolute atomic E-state index is 12.4. The van der Waals surface area contributed by atoms with Gasteiger partial charge in [0, 0.05) is 19.7 Å². The molecule has 2 aliphatic heterocycles. The molecule has 0 radical (unpaired) electrons. The van der Waals surface area contributed by atoms with Crippen molar-refractivity contribution >= 4 is 17.4 Å². The zero-order valence-electron chi connectivity index (χ0n) is 10.9. The van der Waals surface area contributed by atoms with Gasteiger partial charge in [0.05, 0.1) is 24.0 Å². The zero-order chi connectivity index (χ0) is 13.1. The molecule has 0 spiro atoms. The van der Waals surface area contributed by atoms with Crippen LogP contribution in [0.5, 0.6) is 0 Å². The van der Waals surface area contributed by atoms with E-state index in [-0.39, 0.29) is 12.1 Å². The maximum atomic E-state index is 12.4. The number of anilines is 2. The van der Waals surface area contributed by atoms with Crippen LogP contribution in [0.1, 0.15) is 12.8 Å². The molecule has 19 heavy (non-hydrogen) atoms. The number of fused-ring (bicyclic) bond motifs is 1. The van der Waals surface area contributed by atoms with Gasteiger partial charge in [0.2, 0.25) is 0 Å². The van der Waals surface area contributed by atoms with Crippen molar-refractivity contribution in [3.63, 3.8) is 0 Å². The monoisotopic (exact) mass is 261 g/mol. The normalized spacial score (nSPS) is 22.3. The Kier molecular flexibility index (Phi) is 3.55. The first-order valence-corrected chi connectivity index (χ1v) is 6.83. The van der Waals surface area contributed by atoms with E-state index in [0.717, 1.165) is 43.9 Å². The second-order valence-corrected chi connectivity index (χ2v) is 4.96. The Morgan fingerprint density at radius 3 is 3.16 bits per heavy atom. The van der Waals surface area contributed by atoms with E-state index in [9.17, 15) is 4.79 Å². The number of rotatable bonds is 1. The van der Waals surface area contributed by atoms with Crippen molar-refractivity contribution in [2.75, 3.05) is 36.5 Å². The van der Waals surface area contributed by atoms with Crippen LogP contribution in [0, 0.1) is 0 Å². The lowest BCUT2D eigenvalue weighted by atomic mass is 10.2. The van der Waals surface area contributed by atoms with Gasteiger partial charge in [-0.3, -0.25) is 4.90 Å². The van der Waals surface area contributed by atoms with Crippen molar-refractivity contribution in [1.82, 2.24) is 5.32 Å². The summed E-state index contributed by atoms with van der Waals surface area (Å²) in [6.45, 7) is 3.00. The smallest absolute Gasteiger partial charge is 0.322 e. The van der Waals surface area contributed by atoms with Crippen LogP contribution in [0.15, 0.2) is 24.3 Å². The number of urea groups is 1. The molecule has 0 aromatic heterocycles. The van der Waals surface area contributed by atoms with Gasteiger partial charge in [-0.25, -0.2) is 4.79 Å². The number of ether oxygens (including phenoxy) is 1. The molecule has 1 unspecified atom stereocenters. The van der Waals surface area contributed by atoms with E-state index in [2.05, 4.69) is 10.6 Å². The predicted octanol–water partition coefficient (Wildman–Crippen LogP) is 1.81. The van der Waals surface area contributed by atoms with Crippen molar-refractivity contribution in [3.05, 3.63) is 24.3 Å². The predicted molar refractivity (Wildman–Crippen MR) is 74.7 cm³/mol. The van der Waals surface area contributed by atoms with Crippen LogP contribution in [0.25, 0.3) is 0 Å². The summed E-state index contributed by atoms with van der Waals surface area (Å²) >= 11 is 0. The van der Waals surface area contributed by atoms with Crippen LogP contribution < -0.4 is 15.5 Å². The minimum Gasteiger partial charge on any atom is -0.383 e. The summed E-state index contributed by atoms with van der Waals surface area (Å²) in [7, 11) is 0. The highest BCUT2D eigenvalue weighted by atomic mass is 16.5.